The van der Waals surface area contributed by atoms with Crippen molar-refractivity contribution in [2.24, 2.45) is 5.92 Å². The highest BCUT2D eigenvalue weighted by Gasteiger charge is 2.46. The Kier molecular flexibility index (Phi) is 3.96. The maximum Gasteiger partial charge on any atom is 0.306 e. The van der Waals surface area contributed by atoms with Gasteiger partial charge in [-0.15, -0.1) is 0 Å². The molecular weight excluding hydrogens is 312 g/mol. The van der Waals surface area contributed by atoms with Gasteiger partial charge in [-0.1, -0.05) is 6.07 Å². The fourth-order valence-corrected chi connectivity index (χ4v) is 3.15. The summed E-state index contributed by atoms with van der Waals surface area (Å²) in [5.41, 5.74) is 1.05. The maximum absolute atomic E-state index is 12.3. The average molecular weight is 332 g/mol. The molecule has 24 heavy (non-hydrogen) atoms. The van der Waals surface area contributed by atoms with Gasteiger partial charge in [-0.05, 0) is 37.5 Å². The van der Waals surface area contributed by atoms with Crippen LogP contribution in [0.3, 0.4) is 0 Å². The Balaban J connectivity index is 1.71. The van der Waals surface area contributed by atoms with Gasteiger partial charge in [0.1, 0.15) is 11.4 Å². The number of aliphatic hydroxyl groups is 1. The fourth-order valence-electron chi connectivity index (χ4n) is 3.15. The molecule has 2 aromatic rings. The van der Waals surface area contributed by atoms with Crippen LogP contribution in [-0.4, -0.2) is 46.3 Å². The number of rotatable bonds is 5. The quantitative estimate of drug-likeness (QED) is 0.662. The van der Waals surface area contributed by atoms with E-state index in [0.29, 0.717) is 11.4 Å². The van der Waals surface area contributed by atoms with Crippen molar-refractivity contribution in [1.29, 1.82) is 0 Å². The molecule has 1 saturated carbocycles. The number of aliphatic carboxylic acids is 1. The molecule has 0 radical (unpaired) electrons. The number of aromatic amines is 1. The van der Waals surface area contributed by atoms with Gasteiger partial charge in [0.25, 0.3) is 5.91 Å². The van der Waals surface area contributed by atoms with Crippen LogP contribution >= 0.6 is 0 Å². The molecule has 3 rings (SSSR count). The van der Waals surface area contributed by atoms with Crippen molar-refractivity contribution >= 4 is 22.8 Å². The summed E-state index contributed by atoms with van der Waals surface area (Å²) in [4.78, 5) is 26.2. The highest BCUT2D eigenvalue weighted by molar-refractivity contribution is 6.00. The van der Waals surface area contributed by atoms with Gasteiger partial charge in [0, 0.05) is 11.9 Å². The number of H-pyrrole nitrogens is 1. The molecule has 0 aliphatic heterocycles. The SMILES string of the molecule is COc1ccc(C)c2[nH]c(C(=O)NCC3(O)CC(C(=O)O)C3)cc12. The van der Waals surface area contributed by atoms with E-state index in [9.17, 15) is 14.7 Å². The topological polar surface area (TPSA) is 112 Å². The first kappa shape index (κ1) is 16.3. The Labute approximate surface area is 138 Å². The molecule has 128 valence electrons. The van der Waals surface area contributed by atoms with E-state index in [4.69, 9.17) is 9.84 Å². The highest BCUT2D eigenvalue weighted by atomic mass is 16.5. The zero-order valence-corrected chi connectivity index (χ0v) is 13.5. The number of hydrogen-bond donors (Lipinski definition) is 4. The molecule has 1 heterocycles. The number of benzene rings is 1. The molecule has 1 fully saturated rings. The Bertz CT molecular complexity index is 805. The van der Waals surface area contributed by atoms with Crippen LogP contribution in [0, 0.1) is 12.8 Å². The molecule has 1 aliphatic carbocycles. The number of ether oxygens (including phenoxy) is 1. The molecule has 7 heteroatoms. The van der Waals surface area contributed by atoms with Crippen LogP contribution in [0.2, 0.25) is 0 Å². The fraction of sp³-hybridized carbons (Fsp3) is 0.412. The van der Waals surface area contributed by atoms with Crippen molar-refractivity contribution in [3.8, 4) is 5.75 Å². The minimum atomic E-state index is -1.14. The summed E-state index contributed by atoms with van der Waals surface area (Å²) in [5.74, 6) is -1.12. The van der Waals surface area contributed by atoms with Gasteiger partial charge in [-0.2, -0.15) is 0 Å². The smallest absolute Gasteiger partial charge is 0.306 e. The van der Waals surface area contributed by atoms with E-state index in [0.717, 1.165) is 16.5 Å². The number of fused-ring (bicyclic) bond motifs is 1. The first-order valence-corrected chi connectivity index (χ1v) is 7.73. The van der Waals surface area contributed by atoms with Gasteiger partial charge in [0.2, 0.25) is 0 Å². The van der Waals surface area contributed by atoms with E-state index in [1.54, 1.807) is 13.2 Å². The number of aromatic nitrogens is 1. The lowest BCUT2D eigenvalue weighted by molar-refractivity contribution is -0.157. The van der Waals surface area contributed by atoms with Crippen molar-refractivity contribution < 1.29 is 24.5 Å². The molecule has 0 spiro atoms. The third-order valence-corrected chi connectivity index (χ3v) is 4.61. The summed E-state index contributed by atoms with van der Waals surface area (Å²) in [5, 5.41) is 22.5. The largest absolute Gasteiger partial charge is 0.496 e. The van der Waals surface area contributed by atoms with Crippen LogP contribution in [0.15, 0.2) is 18.2 Å². The van der Waals surface area contributed by atoms with E-state index in [2.05, 4.69) is 10.3 Å². The number of methoxy groups -OCH3 is 1. The molecule has 0 saturated heterocycles. The normalized spacial score (nSPS) is 22.9. The van der Waals surface area contributed by atoms with Crippen molar-refractivity contribution in [3.05, 3.63) is 29.5 Å². The molecule has 1 aliphatic rings. The Morgan fingerprint density at radius 2 is 2.12 bits per heavy atom. The van der Waals surface area contributed by atoms with Crippen molar-refractivity contribution in [2.75, 3.05) is 13.7 Å². The zero-order valence-electron chi connectivity index (χ0n) is 13.5. The number of hydrogen-bond acceptors (Lipinski definition) is 4. The van der Waals surface area contributed by atoms with Crippen LogP contribution in [0.1, 0.15) is 28.9 Å². The lowest BCUT2D eigenvalue weighted by Crippen LogP contribution is -2.54. The predicted octanol–water partition coefficient (Wildman–Crippen LogP) is 1.44. The molecular formula is C17H20N2O5. The number of carboxylic acid groups (broad SMARTS) is 1. The lowest BCUT2D eigenvalue weighted by Gasteiger charge is -2.41. The third-order valence-electron chi connectivity index (χ3n) is 4.61. The number of carboxylic acids is 1. The van der Waals surface area contributed by atoms with Crippen LogP contribution in [0.25, 0.3) is 10.9 Å². The number of nitrogens with one attached hydrogen (secondary N) is 2. The molecule has 0 unspecified atom stereocenters. The first-order valence-electron chi connectivity index (χ1n) is 7.73. The zero-order chi connectivity index (χ0) is 17.5. The van der Waals surface area contributed by atoms with Gasteiger partial charge in [-0.3, -0.25) is 9.59 Å². The number of carbonyl (C=O) groups excluding carboxylic acids is 1. The van der Waals surface area contributed by atoms with E-state index in [1.807, 2.05) is 19.1 Å². The number of aryl methyl sites for hydroxylation is 1. The molecule has 7 nitrogen and oxygen atoms in total. The third kappa shape index (κ3) is 2.82. The Hall–Kier alpha value is -2.54. The molecule has 1 aromatic heterocycles. The summed E-state index contributed by atoms with van der Waals surface area (Å²) in [7, 11) is 1.57. The van der Waals surface area contributed by atoms with E-state index in [-0.39, 0.29) is 25.3 Å². The summed E-state index contributed by atoms with van der Waals surface area (Å²) >= 11 is 0. The predicted molar refractivity (Wildman–Crippen MR) is 87.2 cm³/mol. The maximum atomic E-state index is 12.3. The second-order valence-electron chi connectivity index (χ2n) is 6.41. The van der Waals surface area contributed by atoms with Crippen molar-refractivity contribution in [3.63, 3.8) is 0 Å². The van der Waals surface area contributed by atoms with Crippen LogP contribution in [-0.2, 0) is 4.79 Å². The molecule has 4 N–H and O–H groups in total. The minimum absolute atomic E-state index is 0.0289. The van der Waals surface area contributed by atoms with Gasteiger partial charge in [0.15, 0.2) is 0 Å². The molecule has 1 aromatic carbocycles. The lowest BCUT2D eigenvalue weighted by atomic mass is 9.71. The van der Waals surface area contributed by atoms with Gasteiger partial charge in [0.05, 0.1) is 24.1 Å². The standard InChI is InChI=1S/C17H20N2O5/c1-9-3-4-13(24-2)11-5-12(19-14(9)11)15(20)18-8-17(23)6-10(7-17)16(21)22/h3-5,10,19,23H,6-8H2,1-2H3,(H,18,20)(H,21,22). The summed E-state index contributed by atoms with van der Waals surface area (Å²) in [6, 6.07) is 5.46. The van der Waals surface area contributed by atoms with E-state index >= 15 is 0 Å². The van der Waals surface area contributed by atoms with Gasteiger partial charge < -0.3 is 25.3 Å². The average Bonchev–Trinajstić information content (AvgIpc) is 2.96. The summed E-state index contributed by atoms with van der Waals surface area (Å²) in [6.07, 6.45) is 0.310. The van der Waals surface area contributed by atoms with Crippen LogP contribution in [0.5, 0.6) is 5.75 Å². The van der Waals surface area contributed by atoms with Gasteiger partial charge >= 0.3 is 5.97 Å². The van der Waals surface area contributed by atoms with Crippen LogP contribution in [0.4, 0.5) is 0 Å². The van der Waals surface area contributed by atoms with Crippen LogP contribution < -0.4 is 10.1 Å². The van der Waals surface area contributed by atoms with E-state index in [1.165, 1.54) is 0 Å². The number of carbonyl (C=O) groups is 2. The second-order valence-corrected chi connectivity index (χ2v) is 6.41. The van der Waals surface area contributed by atoms with Crippen molar-refractivity contribution in [1.82, 2.24) is 10.3 Å². The summed E-state index contributed by atoms with van der Waals surface area (Å²) in [6.45, 7) is 1.96. The first-order chi connectivity index (χ1) is 11.3. The van der Waals surface area contributed by atoms with E-state index < -0.39 is 17.5 Å². The highest BCUT2D eigenvalue weighted by Crippen LogP contribution is 2.37. The summed E-state index contributed by atoms with van der Waals surface area (Å²) < 4.78 is 5.30. The number of amides is 1. The molecule has 1 amide bonds. The Morgan fingerprint density at radius 1 is 1.42 bits per heavy atom. The molecule has 0 bridgehead atoms. The van der Waals surface area contributed by atoms with Crippen molar-refractivity contribution in [2.45, 2.75) is 25.4 Å². The van der Waals surface area contributed by atoms with Gasteiger partial charge in [-0.25, -0.2) is 0 Å². The second kappa shape index (κ2) is 5.83. The minimum Gasteiger partial charge on any atom is -0.496 e. The Morgan fingerprint density at radius 3 is 2.75 bits per heavy atom. The monoisotopic (exact) mass is 332 g/mol. The molecule has 0 atom stereocenters.